The van der Waals surface area contributed by atoms with E-state index in [0.717, 1.165) is 11.3 Å². The Bertz CT molecular complexity index is 1560. The minimum atomic E-state index is -0.603. The Hall–Kier alpha value is -3.73. The molecule has 0 radical (unpaired) electrons. The predicted octanol–water partition coefficient (Wildman–Crippen LogP) is 3.32. The second kappa shape index (κ2) is 11.6. The Kier molecular flexibility index (Phi) is 7.79. The lowest BCUT2D eigenvalue weighted by molar-refractivity contribution is -0.135. The second-order valence-electron chi connectivity index (χ2n) is 11.0. The van der Waals surface area contributed by atoms with E-state index in [1.807, 2.05) is 23.6 Å². The quantitative estimate of drug-likeness (QED) is 0.389. The van der Waals surface area contributed by atoms with Gasteiger partial charge in [-0.25, -0.2) is 0 Å². The molecule has 4 aromatic rings. The van der Waals surface area contributed by atoms with Gasteiger partial charge in [0.15, 0.2) is 0 Å². The third-order valence-corrected chi connectivity index (χ3v) is 9.00. The van der Waals surface area contributed by atoms with Crippen molar-refractivity contribution in [1.29, 1.82) is 0 Å². The van der Waals surface area contributed by atoms with Gasteiger partial charge in [0.05, 0.1) is 23.1 Å². The summed E-state index contributed by atoms with van der Waals surface area (Å²) in [6.45, 7) is 1.53. The van der Waals surface area contributed by atoms with Crippen LogP contribution in [0.15, 0.2) is 60.0 Å². The molecule has 2 bridgehead atoms. The Morgan fingerprint density at radius 2 is 1.93 bits per heavy atom. The Labute approximate surface area is 243 Å². The molecule has 2 aliphatic rings. The Morgan fingerprint density at radius 3 is 2.78 bits per heavy atom. The van der Waals surface area contributed by atoms with Gasteiger partial charge in [0, 0.05) is 27.2 Å². The molecule has 2 aromatic heterocycles. The van der Waals surface area contributed by atoms with Crippen LogP contribution in [-0.4, -0.2) is 88.0 Å². The first kappa shape index (κ1) is 27.4. The number of aromatic nitrogens is 2. The topological polar surface area (TPSA) is 99.9 Å². The zero-order valence-corrected chi connectivity index (χ0v) is 24.1. The number of carbonyl (C=O) groups is 2. The maximum absolute atomic E-state index is 13.9. The molecule has 4 heterocycles. The fraction of sp³-hybridized carbons (Fsp3) is 0.387. The number of ether oxygens (including phenoxy) is 1. The van der Waals surface area contributed by atoms with Crippen LogP contribution < -0.4 is 10.1 Å². The lowest BCUT2D eigenvalue weighted by Gasteiger charge is -2.30. The number of fused-ring (bicyclic) bond motifs is 6. The number of benzene rings is 2. The molecule has 1 saturated heterocycles. The van der Waals surface area contributed by atoms with Crippen LogP contribution in [-0.2, 0) is 18.3 Å². The summed E-state index contributed by atoms with van der Waals surface area (Å²) in [7, 11) is 3.52. The minimum absolute atomic E-state index is 0.0721. The second-order valence-corrected chi connectivity index (χ2v) is 11.9. The van der Waals surface area contributed by atoms with E-state index in [9.17, 15) is 14.7 Å². The van der Waals surface area contributed by atoms with Crippen molar-refractivity contribution >= 4 is 33.9 Å². The Balaban J connectivity index is 1.24. The highest BCUT2D eigenvalue weighted by Gasteiger charge is 2.38. The summed E-state index contributed by atoms with van der Waals surface area (Å²) in [4.78, 5) is 31.6. The van der Waals surface area contributed by atoms with Crippen molar-refractivity contribution in [3.8, 4) is 16.3 Å². The lowest BCUT2D eigenvalue weighted by Crippen LogP contribution is -2.51. The predicted molar refractivity (Wildman–Crippen MR) is 159 cm³/mol. The maximum Gasteiger partial charge on any atom is 0.271 e. The molecule has 0 aliphatic carbocycles. The summed E-state index contributed by atoms with van der Waals surface area (Å²) in [5.74, 6) is 0.434. The third-order valence-electron chi connectivity index (χ3n) is 8.08. The zero-order chi connectivity index (χ0) is 28.5. The molecule has 41 heavy (non-hydrogen) atoms. The number of aliphatic hydroxyl groups excluding tert-OH is 1. The highest BCUT2D eigenvalue weighted by atomic mass is 32.1. The fourth-order valence-corrected chi connectivity index (χ4v) is 6.59. The van der Waals surface area contributed by atoms with E-state index in [0.29, 0.717) is 43.1 Å². The third kappa shape index (κ3) is 5.72. The summed E-state index contributed by atoms with van der Waals surface area (Å²) < 4.78 is 7.82. The minimum Gasteiger partial charge on any atom is -0.490 e. The lowest BCUT2D eigenvalue weighted by atomic mass is 10.0. The van der Waals surface area contributed by atoms with Gasteiger partial charge in [-0.2, -0.15) is 5.10 Å². The first-order valence-corrected chi connectivity index (χ1v) is 14.9. The van der Waals surface area contributed by atoms with E-state index in [4.69, 9.17) is 4.74 Å². The molecule has 9 nitrogen and oxygen atoms in total. The Morgan fingerprint density at radius 1 is 1.10 bits per heavy atom. The monoisotopic (exact) mass is 573 g/mol. The van der Waals surface area contributed by atoms with Crippen molar-refractivity contribution in [1.82, 2.24) is 24.9 Å². The van der Waals surface area contributed by atoms with Crippen LogP contribution >= 0.6 is 11.3 Å². The number of carbonyl (C=O) groups excluding carboxylic acids is 2. The van der Waals surface area contributed by atoms with Gasteiger partial charge in [-0.3, -0.25) is 14.3 Å². The van der Waals surface area contributed by atoms with Gasteiger partial charge in [0.1, 0.15) is 23.7 Å². The molecule has 2 N–H and O–H groups in total. The number of amides is 2. The highest BCUT2D eigenvalue weighted by molar-refractivity contribution is 7.14. The van der Waals surface area contributed by atoms with Crippen LogP contribution in [0, 0.1) is 0 Å². The standard InChI is InChI=1S/C31H35N5O4S/c1-34-13-10-25(32-12-9-20-7-8-21-5-3-4-6-22(21)15-20)30(38)36-18-24(37)16-23(36)19-40-28-11-14-41-29(28)26-17-27(31(34)39)35(2)33-26/h3-8,11,14-15,17,23-25,32,37H,9-10,12-13,16,18-19H2,1-2H3/t23-,24-,25-/m0/s1. The van der Waals surface area contributed by atoms with E-state index in [2.05, 4.69) is 40.7 Å². The van der Waals surface area contributed by atoms with Gasteiger partial charge in [-0.05, 0) is 59.7 Å². The molecular formula is C31H35N5O4S. The van der Waals surface area contributed by atoms with Crippen molar-refractivity contribution in [3.63, 3.8) is 0 Å². The number of thiophene rings is 1. The van der Waals surface area contributed by atoms with E-state index in [-0.39, 0.29) is 31.0 Å². The molecule has 10 heteroatoms. The van der Waals surface area contributed by atoms with Crippen molar-refractivity contribution in [2.45, 2.75) is 37.5 Å². The largest absolute Gasteiger partial charge is 0.490 e. The van der Waals surface area contributed by atoms with Crippen molar-refractivity contribution < 1.29 is 19.4 Å². The van der Waals surface area contributed by atoms with Gasteiger partial charge in [-0.1, -0.05) is 42.5 Å². The van der Waals surface area contributed by atoms with Gasteiger partial charge in [0.2, 0.25) is 5.91 Å². The molecule has 0 unspecified atom stereocenters. The normalized spacial score (nSPS) is 21.8. The van der Waals surface area contributed by atoms with Crippen LogP contribution in [0.1, 0.15) is 28.9 Å². The van der Waals surface area contributed by atoms with Crippen LogP contribution in [0.25, 0.3) is 21.3 Å². The molecule has 2 aliphatic heterocycles. The summed E-state index contributed by atoms with van der Waals surface area (Å²) in [5, 5.41) is 22.9. The zero-order valence-electron chi connectivity index (χ0n) is 23.3. The average Bonchev–Trinajstić information content (AvgIpc) is 3.70. The molecular weight excluding hydrogens is 538 g/mol. The van der Waals surface area contributed by atoms with E-state index in [1.54, 1.807) is 34.6 Å². The van der Waals surface area contributed by atoms with Crippen LogP contribution in [0.4, 0.5) is 0 Å². The van der Waals surface area contributed by atoms with Gasteiger partial charge in [0.25, 0.3) is 5.91 Å². The molecule has 1 fully saturated rings. The average molecular weight is 574 g/mol. The fourth-order valence-electron chi connectivity index (χ4n) is 5.80. The SMILES string of the molecule is CN1CC[C@H](NCCc2ccc3ccccc3c2)C(=O)N2C[C@@H](O)C[C@H]2COc2ccsc2-c2cc(n(C)n2)C1=O. The first-order valence-electron chi connectivity index (χ1n) is 14.1. The van der Waals surface area contributed by atoms with E-state index >= 15 is 0 Å². The number of hydrogen-bond acceptors (Lipinski definition) is 7. The molecule has 214 valence electrons. The van der Waals surface area contributed by atoms with Crippen molar-refractivity contribution in [2.24, 2.45) is 7.05 Å². The van der Waals surface area contributed by atoms with Crippen LogP contribution in [0.5, 0.6) is 5.75 Å². The summed E-state index contributed by atoms with van der Waals surface area (Å²) in [5.41, 5.74) is 2.35. The van der Waals surface area contributed by atoms with Crippen LogP contribution in [0.3, 0.4) is 0 Å². The molecule has 2 amide bonds. The van der Waals surface area contributed by atoms with Crippen LogP contribution in [0.2, 0.25) is 0 Å². The molecule has 6 rings (SSSR count). The highest BCUT2D eigenvalue weighted by Crippen LogP contribution is 2.36. The molecule has 2 aromatic carbocycles. The number of nitrogens with zero attached hydrogens (tertiary/aromatic N) is 4. The number of rotatable bonds is 4. The maximum atomic E-state index is 13.9. The molecule has 3 atom stereocenters. The van der Waals surface area contributed by atoms with E-state index in [1.165, 1.54) is 27.7 Å². The number of hydrogen-bond donors (Lipinski definition) is 2. The number of aliphatic hydroxyl groups is 1. The van der Waals surface area contributed by atoms with Crippen molar-refractivity contribution in [3.05, 3.63) is 71.2 Å². The van der Waals surface area contributed by atoms with Gasteiger partial charge in [-0.15, -0.1) is 11.3 Å². The molecule has 0 spiro atoms. The number of nitrogens with one attached hydrogen (secondary N) is 1. The van der Waals surface area contributed by atoms with E-state index < -0.39 is 12.1 Å². The number of aryl methyl sites for hydroxylation is 1. The molecule has 0 saturated carbocycles. The van der Waals surface area contributed by atoms with Gasteiger partial charge < -0.3 is 25.0 Å². The smallest absolute Gasteiger partial charge is 0.271 e. The summed E-state index contributed by atoms with van der Waals surface area (Å²) >= 11 is 1.50. The first-order chi connectivity index (χ1) is 19.9. The summed E-state index contributed by atoms with van der Waals surface area (Å²) in [6, 6.07) is 17.6. The van der Waals surface area contributed by atoms with Gasteiger partial charge >= 0.3 is 0 Å². The van der Waals surface area contributed by atoms with Crippen molar-refractivity contribution in [2.75, 3.05) is 33.3 Å². The summed E-state index contributed by atoms with van der Waals surface area (Å²) in [6.07, 6.45) is 1.06.